The van der Waals surface area contributed by atoms with Crippen LogP contribution in [0.4, 0.5) is 0 Å². The molecule has 0 amide bonds. The summed E-state index contributed by atoms with van der Waals surface area (Å²) in [7, 11) is 0. The molecule has 0 radical (unpaired) electrons. The zero-order chi connectivity index (χ0) is 12.7. The lowest BCUT2D eigenvalue weighted by Gasteiger charge is -2.24. The number of fused-ring (bicyclic) bond motifs is 2. The number of hydrogen-bond donors (Lipinski definition) is 1. The molecule has 2 heterocycles. The Balaban J connectivity index is 1.84. The maximum atomic E-state index is 6.50. The van der Waals surface area contributed by atoms with E-state index < -0.39 is 0 Å². The maximum Gasteiger partial charge on any atom is 0.109 e. The number of ether oxygens (including phenoxy) is 1. The van der Waals surface area contributed by atoms with Crippen LogP contribution in [-0.2, 0) is 10.3 Å². The van der Waals surface area contributed by atoms with Crippen molar-refractivity contribution >= 4 is 0 Å². The Morgan fingerprint density at radius 3 is 2.58 bits per heavy atom. The van der Waals surface area contributed by atoms with Crippen LogP contribution in [-0.4, -0.2) is 13.1 Å². The molecule has 2 aliphatic rings. The molecule has 4 rings (SSSR count). The molecule has 19 heavy (non-hydrogen) atoms. The second-order valence-electron chi connectivity index (χ2n) is 5.42. The second-order valence-corrected chi connectivity index (χ2v) is 5.42. The van der Waals surface area contributed by atoms with Crippen LogP contribution < -0.4 is 5.32 Å². The van der Waals surface area contributed by atoms with Gasteiger partial charge < -0.3 is 10.1 Å². The molecule has 0 aromatic heterocycles. The van der Waals surface area contributed by atoms with Crippen LogP contribution in [0, 0.1) is 0 Å². The molecule has 1 saturated heterocycles. The first-order valence-electron chi connectivity index (χ1n) is 6.92. The van der Waals surface area contributed by atoms with E-state index in [2.05, 4.69) is 59.9 Å². The summed E-state index contributed by atoms with van der Waals surface area (Å²) in [4.78, 5) is 0. The summed E-state index contributed by atoms with van der Waals surface area (Å²) in [6, 6.07) is 19.2. The highest BCUT2D eigenvalue weighted by Crippen LogP contribution is 2.48. The third-order valence-corrected chi connectivity index (χ3v) is 4.30. The van der Waals surface area contributed by atoms with Crippen LogP contribution in [0.25, 0.3) is 0 Å². The summed E-state index contributed by atoms with van der Waals surface area (Å²) in [5, 5.41) is 3.44. The Kier molecular flexibility index (Phi) is 2.47. The molecule has 2 aromatic carbocycles. The van der Waals surface area contributed by atoms with Crippen LogP contribution in [0.5, 0.6) is 0 Å². The minimum atomic E-state index is -0.114. The molecular weight excluding hydrogens is 234 g/mol. The van der Waals surface area contributed by atoms with E-state index in [0.29, 0.717) is 0 Å². The lowest BCUT2D eigenvalue weighted by molar-refractivity contribution is -0.0466. The third-order valence-electron chi connectivity index (χ3n) is 4.30. The normalized spacial score (nSPS) is 28.7. The van der Waals surface area contributed by atoms with Gasteiger partial charge in [-0.05, 0) is 29.7 Å². The van der Waals surface area contributed by atoms with Gasteiger partial charge in [0.1, 0.15) is 11.7 Å². The summed E-state index contributed by atoms with van der Waals surface area (Å²) in [5.41, 5.74) is 3.84. The molecule has 96 valence electrons. The molecule has 2 unspecified atom stereocenters. The Bertz CT molecular complexity index is 587. The predicted molar refractivity (Wildman–Crippen MR) is 75.0 cm³/mol. The van der Waals surface area contributed by atoms with Gasteiger partial charge in [-0.25, -0.2) is 0 Å². The van der Waals surface area contributed by atoms with Crippen LogP contribution in [0.1, 0.15) is 29.2 Å². The number of benzene rings is 2. The van der Waals surface area contributed by atoms with Gasteiger partial charge in [-0.2, -0.15) is 0 Å². The first-order valence-corrected chi connectivity index (χ1v) is 6.92. The third kappa shape index (κ3) is 1.64. The summed E-state index contributed by atoms with van der Waals surface area (Å²) < 4.78 is 6.50. The van der Waals surface area contributed by atoms with E-state index in [1.54, 1.807) is 0 Å². The minimum absolute atomic E-state index is 0.0808. The van der Waals surface area contributed by atoms with Gasteiger partial charge in [-0.15, -0.1) is 0 Å². The Labute approximate surface area is 113 Å². The van der Waals surface area contributed by atoms with Crippen molar-refractivity contribution in [3.63, 3.8) is 0 Å². The van der Waals surface area contributed by atoms with Crippen molar-refractivity contribution in [1.29, 1.82) is 0 Å². The molecule has 2 heteroatoms. The second kappa shape index (κ2) is 4.19. The highest BCUT2D eigenvalue weighted by molar-refractivity contribution is 5.44. The molecule has 1 spiro atoms. The Morgan fingerprint density at radius 2 is 1.79 bits per heavy atom. The number of rotatable bonds is 1. The molecule has 2 atom stereocenters. The minimum Gasteiger partial charge on any atom is -0.356 e. The van der Waals surface area contributed by atoms with E-state index in [1.807, 2.05) is 0 Å². The molecular formula is C17H17NO. The van der Waals surface area contributed by atoms with Crippen LogP contribution in [0.2, 0.25) is 0 Å². The van der Waals surface area contributed by atoms with E-state index >= 15 is 0 Å². The van der Waals surface area contributed by atoms with Crippen LogP contribution >= 0.6 is 0 Å². The van der Waals surface area contributed by atoms with Crippen molar-refractivity contribution in [2.75, 3.05) is 13.1 Å². The van der Waals surface area contributed by atoms with E-state index in [-0.39, 0.29) is 11.7 Å². The fourth-order valence-corrected chi connectivity index (χ4v) is 3.37. The fourth-order valence-electron chi connectivity index (χ4n) is 3.37. The van der Waals surface area contributed by atoms with Crippen molar-refractivity contribution in [2.45, 2.75) is 18.1 Å². The zero-order valence-corrected chi connectivity index (χ0v) is 10.8. The Morgan fingerprint density at radius 1 is 1.00 bits per heavy atom. The van der Waals surface area contributed by atoms with Gasteiger partial charge in [0.15, 0.2) is 0 Å². The lowest BCUT2D eigenvalue weighted by atomic mass is 9.90. The predicted octanol–water partition coefficient (Wildman–Crippen LogP) is 2.99. The molecule has 2 aliphatic heterocycles. The largest absolute Gasteiger partial charge is 0.356 e. The van der Waals surface area contributed by atoms with Gasteiger partial charge in [0.2, 0.25) is 0 Å². The standard InChI is InChI=1S/C17H17NO/c1-2-6-13(7-3-1)16-14-8-4-5-9-15(14)17(19-16)10-11-18-12-17/h1-9,16,18H,10-12H2. The van der Waals surface area contributed by atoms with Crippen LogP contribution in [0.3, 0.4) is 0 Å². The number of hydrogen-bond acceptors (Lipinski definition) is 2. The maximum absolute atomic E-state index is 6.50. The van der Waals surface area contributed by atoms with Crippen molar-refractivity contribution < 1.29 is 4.74 Å². The molecule has 0 aliphatic carbocycles. The van der Waals surface area contributed by atoms with Gasteiger partial charge in [-0.3, -0.25) is 0 Å². The van der Waals surface area contributed by atoms with Crippen molar-refractivity contribution in [3.05, 3.63) is 71.3 Å². The average molecular weight is 251 g/mol. The topological polar surface area (TPSA) is 21.3 Å². The molecule has 2 aromatic rings. The Hall–Kier alpha value is -1.64. The quantitative estimate of drug-likeness (QED) is 0.841. The molecule has 0 bridgehead atoms. The zero-order valence-electron chi connectivity index (χ0n) is 10.8. The van der Waals surface area contributed by atoms with Crippen molar-refractivity contribution in [3.8, 4) is 0 Å². The van der Waals surface area contributed by atoms with Gasteiger partial charge in [0.05, 0.1) is 0 Å². The first kappa shape index (κ1) is 11.2. The summed E-state index contributed by atoms with van der Waals surface area (Å²) in [6.45, 7) is 1.96. The van der Waals surface area contributed by atoms with Crippen LogP contribution in [0.15, 0.2) is 54.6 Å². The monoisotopic (exact) mass is 251 g/mol. The molecule has 1 N–H and O–H groups in total. The molecule has 2 nitrogen and oxygen atoms in total. The molecule has 0 saturated carbocycles. The van der Waals surface area contributed by atoms with Gasteiger partial charge in [0.25, 0.3) is 0 Å². The number of nitrogens with one attached hydrogen (secondary N) is 1. The van der Waals surface area contributed by atoms with Crippen molar-refractivity contribution in [1.82, 2.24) is 5.32 Å². The highest BCUT2D eigenvalue weighted by Gasteiger charge is 2.46. The van der Waals surface area contributed by atoms with E-state index in [1.165, 1.54) is 16.7 Å². The van der Waals surface area contributed by atoms with Gasteiger partial charge in [0, 0.05) is 6.54 Å². The smallest absolute Gasteiger partial charge is 0.109 e. The lowest BCUT2D eigenvalue weighted by Crippen LogP contribution is -2.28. The van der Waals surface area contributed by atoms with E-state index in [0.717, 1.165) is 19.5 Å². The summed E-state index contributed by atoms with van der Waals surface area (Å²) in [6.07, 6.45) is 1.14. The van der Waals surface area contributed by atoms with E-state index in [4.69, 9.17) is 4.74 Å². The first-order chi connectivity index (χ1) is 9.39. The summed E-state index contributed by atoms with van der Waals surface area (Å²) >= 11 is 0. The average Bonchev–Trinajstić information content (AvgIpc) is 3.08. The van der Waals surface area contributed by atoms with E-state index in [9.17, 15) is 0 Å². The highest BCUT2D eigenvalue weighted by atomic mass is 16.5. The van der Waals surface area contributed by atoms with Crippen molar-refractivity contribution in [2.24, 2.45) is 0 Å². The van der Waals surface area contributed by atoms with Gasteiger partial charge >= 0.3 is 0 Å². The fraction of sp³-hybridized carbons (Fsp3) is 0.294. The summed E-state index contributed by atoms with van der Waals surface area (Å²) in [5.74, 6) is 0. The SMILES string of the molecule is c1ccc(C2OC3(CCNC3)c3ccccc32)cc1. The van der Waals surface area contributed by atoms with Gasteiger partial charge in [-0.1, -0.05) is 54.6 Å². The molecule has 1 fully saturated rings.